The summed E-state index contributed by atoms with van der Waals surface area (Å²) in [5.41, 5.74) is -0.272. The fraction of sp³-hybridized carbons (Fsp3) is 0.400. The molecule has 1 aliphatic heterocycles. The summed E-state index contributed by atoms with van der Waals surface area (Å²) in [6.45, 7) is 2.67. The second kappa shape index (κ2) is 8.75. The molecule has 0 radical (unpaired) electrons. The first-order valence-corrected chi connectivity index (χ1v) is 13.1. The summed E-state index contributed by atoms with van der Waals surface area (Å²) in [6.07, 6.45) is 9.12. The number of terminal acetylenes is 1. The molecule has 3 aromatic rings. The molecule has 182 valence electrons. The summed E-state index contributed by atoms with van der Waals surface area (Å²) in [5, 5.41) is 14.6. The topological polar surface area (TPSA) is 123 Å². The molecule has 5 rings (SSSR count). The predicted octanol–water partition coefficient (Wildman–Crippen LogP) is 2.41. The first kappa shape index (κ1) is 23.5. The normalized spacial score (nSPS) is 22.6. The third kappa shape index (κ3) is 4.43. The van der Waals surface area contributed by atoms with E-state index >= 15 is 0 Å². The van der Waals surface area contributed by atoms with Crippen molar-refractivity contribution in [3.63, 3.8) is 0 Å². The zero-order valence-corrected chi connectivity index (χ0v) is 20.1. The van der Waals surface area contributed by atoms with E-state index in [0.29, 0.717) is 42.8 Å². The number of ether oxygens (including phenoxy) is 1. The zero-order chi connectivity index (χ0) is 24.8. The summed E-state index contributed by atoms with van der Waals surface area (Å²) < 4.78 is 31.7. The molecule has 3 heterocycles. The number of hydrogen-bond donors (Lipinski definition) is 2. The standard InChI is InChI=1S/C25H26N4O5S/c1-3-17-11-18-12-26-24(28-22(18)29(23(17)30)21-5-4-10-25(21,2)31)27-19-6-8-20(9-7-19)35(32,33)15-16-13-34-14-16/h1,6-9,11-12,16,21,31H,4-5,10,13-15H2,2H3,(H,26,27,28)/t21-,25-/m1/s1. The molecule has 1 aromatic carbocycles. The Bertz CT molecular complexity index is 1490. The zero-order valence-electron chi connectivity index (χ0n) is 19.3. The minimum absolute atomic E-state index is 0.0389. The SMILES string of the molecule is C#Cc1cc2cnc(Nc3ccc(S(=O)(=O)CC4COC4)cc3)nc2n([C@@H]2CCC[C@@]2(C)O)c1=O. The highest BCUT2D eigenvalue weighted by molar-refractivity contribution is 7.91. The lowest BCUT2D eigenvalue weighted by Crippen LogP contribution is -2.38. The van der Waals surface area contributed by atoms with Crippen molar-refractivity contribution in [1.29, 1.82) is 0 Å². The molecule has 0 unspecified atom stereocenters. The Morgan fingerprint density at radius 1 is 1.31 bits per heavy atom. The van der Waals surface area contributed by atoms with Gasteiger partial charge >= 0.3 is 0 Å². The number of fused-ring (bicyclic) bond motifs is 1. The Labute approximate surface area is 203 Å². The number of anilines is 2. The number of sulfone groups is 1. The first-order chi connectivity index (χ1) is 16.7. The lowest BCUT2D eigenvalue weighted by molar-refractivity contribution is -0.0204. The van der Waals surface area contributed by atoms with Gasteiger partial charge in [-0.2, -0.15) is 4.98 Å². The van der Waals surface area contributed by atoms with Gasteiger partial charge in [-0.25, -0.2) is 13.4 Å². The highest BCUT2D eigenvalue weighted by Gasteiger charge is 2.39. The maximum absolute atomic E-state index is 13.2. The number of nitrogens with zero attached hydrogens (tertiary/aromatic N) is 3. The molecule has 2 fully saturated rings. The fourth-order valence-electron chi connectivity index (χ4n) is 4.77. The molecule has 1 aliphatic carbocycles. The minimum atomic E-state index is -3.39. The molecule has 1 saturated heterocycles. The summed E-state index contributed by atoms with van der Waals surface area (Å²) in [5.74, 6) is 2.77. The smallest absolute Gasteiger partial charge is 0.268 e. The molecule has 35 heavy (non-hydrogen) atoms. The van der Waals surface area contributed by atoms with Crippen molar-refractivity contribution in [3.8, 4) is 12.3 Å². The van der Waals surface area contributed by atoms with Crippen LogP contribution in [-0.2, 0) is 14.6 Å². The van der Waals surface area contributed by atoms with E-state index < -0.39 is 21.5 Å². The van der Waals surface area contributed by atoms with E-state index in [1.54, 1.807) is 43.5 Å². The quantitative estimate of drug-likeness (QED) is 0.501. The van der Waals surface area contributed by atoms with Gasteiger partial charge in [0.25, 0.3) is 5.56 Å². The average Bonchev–Trinajstić information content (AvgIpc) is 3.15. The van der Waals surface area contributed by atoms with Crippen molar-refractivity contribution >= 4 is 32.5 Å². The van der Waals surface area contributed by atoms with E-state index in [1.165, 1.54) is 4.57 Å². The third-order valence-corrected chi connectivity index (χ3v) is 8.65. The molecule has 0 bridgehead atoms. The van der Waals surface area contributed by atoms with Gasteiger partial charge in [0.05, 0.1) is 41.1 Å². The summed E-state index contributed by atoms with van der Waals surface area (Å²) in [7, 11) is -3.39. The maximum atomic E-state index is 13.2. The summed E-state index contributed by atoms with van der Waals surface area (Å²) in [4.78, 5) is 22.3. The second-order valence-corrected chi connectivity index (χ2v) is 11.5. The Kier molecular flexibility index (Phi) is 5.87. The monoisotopic (exact) mass is 494 g/mol. The average molecular weight is 495 g/mol. The molecule has 9 nitrogen and oxygen atoms in total. The van der Waals surface area contributed by atoms with Gasteiger partial charge < -0.3 is 15.2 Å². The number of benzene rings is 1. The molecule has 0 spiro atoms. The van der Waals surface area contributed by atoms with Gasteiger partial charge in [0.15, 0.2) is 9.84 Å². The van der Waals surface area contributed by atoms with Gasteiger partial charge in [0, 0.05) is 23.2 Å². The predicted molar refractivity (Wildman–Crippen MR) is 131 cm³/mol. The first-order valence-electron chi connectivity index (χ1n) is 11.5. The number of aliphatic hydroxyl groups is 1. The molecule has 1 saturated carbocycles. The number of rotatable bonds is 6. The van der Waals surface area contributed by atoms with E-state index in [9.17, 15) is 18.3 Å². The van der Waals surface area contributed by atoms with Crippen molar-refractivity contribution in [2.24, 2.45) is 5.92 Å². The van der Waals surface area contributed by atoms with Crippen molar-refractivity contribution in [2.75, 3.05) is 24.3 Å². The van der Waals surface area contributed by atoms with Gasteiger partial charge in [-0.3, -0.25) is 9.36 Å². The van der Waals surface area contributed by atoms with E-state index in [4.69, 9.17) is 11.2 Å². The minimum Gasteiger partial charge on any atom is -0.388 e. The second-order valence-electron chi connectivity index (χ2n) is 9.45. The molecule has 0 amide bonds. The number of aromatic nitrogens is 3. The van der Waals surface area contributed by atoms with Crippen LogP contribution >= 0.6 is 0 Å². The van der Waals surface area contributed by atoms with Crippen LogP contribution in [0.1, 0.15) is 37.8 Å². The molecule has 10 heteroatoms. The Morgan fingerprint density at radius 3 is 2.66 bits per heavy atom. The largest absolute Gasteiger partial charge is 0.388 e. The van der Waals surface area contributed by atoms with Crippen molar-refractivity contribution in [1.82, 2.24) is 14.5 Å². The van der Waals surface area contributed by atoms with Crippen LogP contribution in [0.5, 0.6) is 0 Å². The van der Waals surface area contributed by atoms with Crippen molar-refractivity contribution < 1.29 is 18.3 Å². The van der Waals surface area contributed by atoms with E-state index in [1.807, 2.05) is 0 Å². The van der Waals surface area contributed by atoms with Gasteiger partial charge in [-0.05, 0) is 56.5 Å². The molecule has 2 aromatic heterocycles. The Balaban J connectivity index is 1.47. The van der Waals surface area contributed by atoms with Gasteiger partial charge in [-0.1, -0.05) is 5.92 Å². The van der Waals surface area contributed by atoms with Crippen LogP contribution in [0, 0.1) is 18.3 Å². The van der Waals surface area contributed by atoms with Crippen molar-refractivity contribution in [2.45, 2.75) is 42.7 Å². The van der Waals surface area contributed by atoms with Crippen LogP contribution in [0.25, 0.3) is 11.0 Å². The van der Waals surface area contributed by atoms with Gasteiger partial charge in [0.1, 0.15) is 5.65 Å². The lowest BCUT2D eigenvalue weighted by atomic mass is 9.99. The summed E-state index contributed by atoms with van der Waals surface area (Å²) in [6, 6.07) is 7.50. The highest BCUT2D eigenvalue weighted by atomic mass is 32.2. The number of nitrogens with one attached hydrogen (secondary N) is 1. The molecular weight excluding hydrogens is 468 g/mol. The van der Waals surface area contributed by atoms with Crippen LogP contribution in [0.4, 0.5) is 11.6 Å². The van der Waals surface area contributed by atoms with Gasteiger partial charge in [0.2, 0.25) is 5.95 Å². The summed E-state index contributed by atoms with van der Waals surface area (Å²) >= 11 is 0. The van der Waals surface area contributed by atoms with Crippen LogP contribution in [0.3, 0.4) is 0 Å². The molecule has 2 aliphatic rings. The Hall–Kier alpha value is -3.26. The maximum Gasteiger partial charge on any atom is 0.268 e. The number of hydrogen-bond acceptors (Lipinski definition) is 8. The lowest BCUT2D eigenvalue weighted by Gasteiger charge is -2.28. The molecular formula is C25H26N4O5S. The third-order valence-electron chi connectivity index (χ3n) is 6.75. The number of pyridine rings is 1. The van der Waals surface area contributed by atoms with E-state index in [0.717, 1.165) is 6.42 Å². The van der Waals surface area contributed by atoms with Gasteiger partial charge in [-0.15, -0.1) is 6.42 Å². The van der Waals surface area contributed by atoms with Crippen LogP contribution in [0.2, 0.25) is 0 Å². The molecule has 2 N–H and O–H groups in total. The highest BCUT2D eigenvalue weighted by Crippen LogP contribution is 2.39. The van der Waals surface area contributed by atoms with Crippen LogP contribution in [-0.4, -0.2) is 52.6 Å². The molecule has 2 atom stereocenters. The van der Waals surface area contributed by atoms with Crippen LogP contribution in [0.15, 0.2) is 46.2 Å². The van der Waals surface area contributed by atoms with Crippen molar-refractivity contribution in [3.05, 3.63) is 52.4 Å². The fourth-order valence-corrected chi connectivity index (χ4v) is 6.33. The van der Waals surface area contributed by atoms with E-state index in [-0.39, 0.29) is 33.6 Å². The Morgan fingerprint density at radius 2 is 2.06 bits per heavy atom. The van der Waals surface area contributed by atoms with Crippen LogP contribution < -0.4 is 10.9 Å². The van der Waals surface area contributed by atoms with E-state index in [2.05, 4.69) is 21.2 Å².